The van der Waals surface area contributed by atoms with Gasteiger partial charge in [0.25, 0.3) is 0 Å². The smallest absolute Gasteiger partial charge is 0.306 e. The highest BCUT2D eigenvalue weighted by atomic mass is 16.5. The van der Waals surface area contributed by atoms with Crippen LogP contribution >= 0.6 is 0 Å². The van der Waals surface area contributed by atoms with Crippen molar-refractivity contribution < 1.29 is 38.1 Å². The molecular weight excluding hydrogens is 608 g/mol. The maximum Gasteiger partial charge on any atom is 0.306 e. The highest BCUT2D eigenvalue weighted by Gasteiger charge is 2.71. The minimum Gasteiger partial charge on any atom is -0.469 e. The van der Waals surface area contributed by atoms with E-state index in [1.165, 1.54) is 32.6 Å². The van der Waals surface area contributed by atoms with E-state index in [0.717, 1.165) is 51.4 Å². The van der Waals surface area contributed by atoms with Gasteiger partial charge in [-0.15, -0.1) is 0 Å². The molecule has 8 heteroatoms. The maximum atomic E-state index is 12.8. The molecule has 0 aliphatic heterocycles. The van der Waals surface area contributed by atoms with Crippen molar-refractivity contribution in [3.8, 4) is 0 Å². The molecule has 48 heavy (non-hydrogen) atoms. The fraction of sp³-hybridized carbons (Fsp3) is 0.850. The molecule has 0 aromatic carbocycles. The number of allylic oxidation sites excluding steroid dienone is 1. The minimum absolute atomic E-state index is 0.0448. The van der Waals surface area contributed by atoms with Gasteiger partial charge in [-0.25, -0.2) is 0 Å². The lowest BCUT2D eigenvalue weighted by molar-refractivity contribution is -0.252. The van der Waals surface area contributed by atoms with Gasteiger partial charge >= 0.3 is 23.9 Å². The lowest BCUT2D eigenvalue weighted by atomic mass is 9.32. The molecule has 270 valence electrons. The van der Waals surface area contributed by atoms with Gasteiger partial charge < -0.3 is 18.9 Å². The van der Waals surface area contributed by atoms with Crippen LogP contribution in [0.15, 0.2) is 12.2 Å². The summed E-state index contributed by atoms with van der Waals surface area (Å²) in [5.74, 6) is 1.02. The van der Waals surface area contributed by atoms with Crippen LogP contribution in [0.4, 0.5) is 0 Å². The fourth-order valence-electron chi connectivity index (χ4n) is 12.8. The number of hydrogen-bond donors (Lipinski definition) is 0. The summed E-state index contributed by atoms with van der Waals surface area (Å²) in [7, 11) is 2.68. The third kappa shape index (κ3) is 6.03. The van der Waals surface area contributed by atoms with Crippen molar-refractivity contribution in [3.63, 3.8) is 0 Å². The normalized spacial score (nSPS) is 41.0. The molecule has 0 N–H and O–H groups in total. The standard InChI is InChI=1S/C40H62O8/c1-25(2)26-16-21-40(24-47-33(43)14-12-31(41)45-8)23-22-38(6)27(35(26)40)10-11-29-37(5)19-18-30(48-34(44)15-13-32(42)46-9)36(3,4)28(37)17-20-39(29,38)7/h26-30,35H,1,10-24H2,2-9H3/t26-,27+,28-,29-,30-,35+,37-,38+,39+,40+/m0/s1. The molecule has 0 heterocycles. The van der Waals surface area contributed by atoms with E-state index in [0.29, 0.717) is 36.2 Å². The van der Waals surface area contributed by atoms with Crippen LogP contribution in [0.2, 0.25) is 0 Å². The molecule has 5 fully saturated rings. The fourth-order valence-corrected chi connectivity index (χ4v) is 12.8. The SMILES string of the molecule is C=C(C)[C@@H]1CC[C@]2(COC(=O)CCC(=O)OC)CC[C@]3(C)[C@H](CC[C@H]4[C@@]5(C)CC[C@H](OC(=O)CCC(=O)OC)C(C)(C)[C@@H]5CC[C@]43C)[C@@H]12. The first-order valence-electron chi connectivity index (χ1n) is 18.6. The molecule has 0 aromatic heterocycles. The average molecular weight is 671 g/mol. The zero-order chi connectivity index (χ0) is 35.3. The van der Waals surface area contributed by atoms with E-state index in [1.807, 2.05) is 0 Å². The molecule has 5 saturated carbocycles. The van der Waals surface area contributed by atoms with Gasteiger partial charge in [0, 0.05) is 10.8 Å². The second-order valence-corrected chi connectivity index (χ2v) is 17.7. The first-order chi connectivity index (χ1) is 22.5. The molecule has 0 aromatic rings. The number of rotatable bonds is 10. The quantitative estimate of drug-likeness (QED) is 0.131. The van der Waals surface area contributed by atoms with Gasteiger partial charge in [0.05, 0.1) is 46.5 Å². The van der Waals surface area contributed by atoms with Crippen molar-refractivity contribution in [2.24, 2.45) is 56.7 Å². The van der Waals surface area contributed by atoms with Gasteiger partial charge in [-0.05, 0) is 117 Å². The molecule has 0 amide bonds. The molecule has 0 bridgehead atoms. The summed E-state index contributed by atoms with van der Waals surface area (Å²) in [6, 6.07) is 0. The predicted octanol–water partition coefficient (Wildman–Crippen LogP) is 8.01. The highest BCUT2D eigenvalue weighted by molar-refractivity contribution is 5.78. The number of hydrogen-bond acceptors (Lipinski definition) is 8. The minimum atomic E-state index is -0.387. The second kappa shape index (κ2) is 13.4. The Morgan fingerprint density at radius 3 is 1.92 bits per heavy atom. The molecule has 0 saturated heterocycles. The van der Waals surface area contributed by atoms with E-state index >= 15 is 0 Å². The van der Waals surface area contributed by atoms with Crippen molar-refractivity contribution in [1.82, 2.24) is 0 Å². The highest BCUT2D eigenvalue weighted by Crippen LogP contribution is 2.77. The van der Waals surface area contributed by atoms with Crippen LogP contribution in [0.25, 0.3) is 0 Å². The van der Waals surface area contributed by atoms with Gasteiger partial charge in [-0.3, -0.25) is 19.2 Å². The third-order valence-electron chi connectivity index (χ3n) is 15.5. The Hall–Kier alpha value is -2.38. The molecular formula is C40H62O8. The zero-order valence-corrected chi connectivity index (χ0v) is 31.0. The first-order valence-corrected chi connectivity index (χ1v) is 18.6. The third-order valence-corrected chi connectivity index (χ3v) is 15.5. The summed E-state index contributed by atoms with van der Waals surface area (Å²) < 4.78 is 21.6. The monoisotopic (exact) mass is 670 g/mol. The molecule has 0 spiro atoms. The Balaban J connectivity index is 1.36. The molecule has 0 radical (unpaired) electrons. The summed E-state index contributed by atoms with van der Waals surface area (Å²) >= 11 is 0. The Labute approximate surface area is 288 Å². The summed E-state index contributed by atoms with van der Waals surface area (Å²) in [5.41, 5.74) is 1.53. The molecule has 8 nitrogen and oxygen atoms in total. The van der Waals surface area contributed by atoms with Crippen LogP contribution in [0.3, 0.4) is 0 Å². The first kappa shape index (κ1) is 36.9. The Kier molecular flexibility index (Phi) is 10.3. The summed E-state index contributed by atoms with van der Waals surface area (Å²) in [6.45, 7) is 19.5. The van der Waals surface area contributed by atoms with E-state index in [9.17, 15) is 19.2 Å². The largest absolute Gasteiger partial charge is 0.469 e. The van der Waals surface area contributed by atoms with E-state index in [-0.39, 0.29) is 82.7 Å². The molecule has 0 unspecified atom stereocenters. The average Bonchev–Trinajstić information content (AvgIpc) is 3.43. The number of carbonyl (C=O) groups is 4. The van der Waals surface area contributed by atoms with Crippen LogP contribution < -0.4 is 0 Å². The van der Waals surface area contributed by atoms with Crippen LogP contribution in [0.1, 0.15) is 131 Å². The summed E-state index contributed by atoms with van der Waals surface area (Å²) in [4.78, 5) is 48.9. The Morgan fingerprint density at radius 2 is 1.29 bits per heavy atom. The molecule has 10 atom stereocenters. The van der Waals surface area contributed by atoms with Gasteiger partial charge in [0.15, 0.2) is 0 Å². The van der Waals surface area contributed by atoms with Gasteiger partial charge in [-0.1, -0.05) is 46.8 Å². The van der Waals surface area contributed by atoms with Gasteiger partial charge in [-0.2, -0.15) is 0 Å². The maximum absolute atomic E-state index is 12.8. The van der Waals surface area contributed by atoms with Gasteiger partial charge in [0.1, 0.15) is 6.10 Å². The summed E-state index contributed by atoms with van der Waals surface area (Å²) in [6.07, 6.45) is 10.9. The van der Waals surface area contributed by atoms with Crippen molar-refractivity contribution in [3.05, 3.63) is 12.2 Å². The van der Waals surface area contributed by atoms with Crippen molar-refractivity contribution >= 4 is 23.9 Å². The number of fused-ring (bicyclic) bond motifs is 7. The predicted molar refractivity (Wildman–Crippen MR) is 182 cm³/mol. The van der Waals surface area contributed by atoms with Crippen LogP contribution in [-0.4, -0.2) is 50.8 Å². The number of esters is 4. The van der Waals surface area contributed by atoms with E-state index in [4.69, 9.17) is 18.9 Å². The molecule has 5 aliphatic carbocycles. The van der Waals surface area contributed by atoms with Crippen LogP contribution in [0.5, 0.6) is 0 Å². The zero-order valence-electron chi connectivity index (χ0n) is 31.0. The second-order valence-electron chi connectivity index (χ2n) is 17.7. The van der Waals surface area contributed by atoms with Crippen molar-refractivity contribution in [2.45, 2.75) is 138 Å². The van der Waals surface area contributed by atoms with Crippen molar-refractivity contribution in [1.29, 1.82) is 0 Å². The van der Waals surface area contributed by atoms with Crippen LogP contribution in [-0.2, 0) is 38.1 Å². The lowest BCUT2D eigenvalue weighted by Gasteiger charge is -2.73. The Bertz CT molecular complexity index is 1290. The van der Waals surface area contributed by atoms with E-state index < -0.39 is 0 Å². The molecule has 5 aliphatic rings. The molecule has 5 rings (SSSR count). The van der Waals surface area contributed by atoms with E-state index in [2.05, 4.69) is 48.1 Å². The van der Waals surface area contributed by atoms with Gasteiger partial charge in [0.2, 0.25) is 0 Å². The van der Waals surface area contributed by atoms with Crippen LogP contribution in [0, 0.1) is 56.7 Å². The Morgan fingerprint density at radius 1 is 0.667 bits per heavy atom. The lowest BCUT2D eigenvalue weighted by Crippen LogP contribution is -2.67. The van der Waals surface area contributed by atoms with E-state index in [1.54, 1.807) is 0 Å². The summed E-state index contributed by atoms with van der Waals surface area (Å²) in [5, 5.41) is 0. The number of methoxy groups -OCH3 is 2. The van der Waals surface area contributed by atoms with Crippen molar-refractivity contribution in [2.75, 3.05) is 20.8 Å². The number of ether oxygens (including phenoxy) is 4. The number of carbonyl (C=O) groups excluding carboxylic acids is 4. The topological polar surface area (TPSA) is 105 Å².